The van der Waals surface area contributed by atoms with E-state index in [1.54, 1.807) is 6.07 Å². The summed E-state index contributed by atoms with van der Waals surface area (Å²) in [6.45, 7) is 5.48. The van der Waals surface area contributed by atoms with Crippen molar-refractivity contribution in [1.82, 2.24) is 5.32 Å². The molecule has 2 N–H and O–H groups in total. The lowest BCUT2D eigenvalue weighted by atomic mass is 10.2. The topological polar surface area (TPSA) is 50.4 Å². The van der Waals surface area contributed by atoms with Crippen LogP contribution in [0.4, 0.5) is 14.9 Å². The molecular weight excluding hydrogens is 307 g/mol. The van der Waals surface area contributed by atoms with Gasteiger partial charge in [-0.05, 0) is 58.2 Å². The van der Waals surface area contributed by atoms with Crippen LogP contribution in [0.2, 0.25) is 5.02 Å². The molecule has 22 heavy (non-hydrogen) atoms. The van der Waals surface area contributed by atoms with Gasteiger partial charge >= 0.3 is 6.09 Å². The van der Waals surface area contributed by atoms with Crippen molar-refractivity contribution >= 4 is 23.4 Å². The van der Waals surface area contributed by atoms with Crippen LogP contribution in [0, 0.1) is 5.82 Å². The molecule has 2 rings (SSSR count). The van der Waals surface area contributed by atoms with Gasteiger partial charge in [-0.2, -0.15) is 0 Å². The Balaban J connectivity index is 1.85. The van der Waals surface area contributed by atoms with Crippen molar-refractivity contribution in [2.45, 2.75) is 57.7 Å². The molecule has 1 amide bonds. The molecule has 1 aliphatic carbocycles. The average molecular weight is 329 g/mol. The van der Waals surface area contributed by atoms with Gasteiger partial charge in [-0.25, -0.2) is 9.18 Å². The number of halogens is 2. The number of alkyl carbamates (subject to hydrolysis) is 1. The lowest BCUT2D eigenvalue weighted by Crippen LogP contribution is -2.38. The highest BCUT2D eigenvalue weighted by atomic mass is 35.5. The van der Waals surface area contributed by atoms with E-state index in [-0.39, 0.29) is 17.9 Å². The van der Waals surface area contributed by atoms with Gasteiger partial charge in [-0.15, -0.1) is 0 Å². The maximum absolute atomic E-state index is 13.7. The van der Waals surface area contributed by atoms with Crippen LogP contribution in [-0.2, 0) is 4.74 Å². The number of ether oxygens (including phenoxy) is 1. The van der Waals surface area contributed by atoms with Gasteiger partial charge in [0.2, 0.25) is 0 Å². The Morgan fingerprint density at radius 3 is 2.68 bits per heavy atom. The molecule has 4 nitrogen and oxygen atoms in total. The molecule has 1 aliphatic rings. The van der Waals surface area contributed by atoms with Gasteiger partial charge in [0.05, 0.1) is 5.69 Å². The molecule has 0 bridgehead atoms. The predicted octanol–water partition coefficient (Wildman–Crippen LogP) is 4.34. The fraction of sp³-hybridized carbons (Fsp3) is 0.562. The van der Waals surface area contributed by atoms with Crippen LogP contribution in [0.5, 0.6) is 0 Å². The Labute approximate surface area is 135 Å². The second-order valence-electron chi connectivity index (χ2n) is 6.62. The Bertz CT molecular complexity index is 545. The van der Waals surface area contributed by atoms with Gasteiger partial charge in [0.1, 0.15) is 11.4 Å². The highest BCUT2D eigenvalue weighted by Crippen LogP contribution is 2.26. The number of carbonyl (C=O) groups is 1. The van der Waals surface area contributed by atoms with E-state index in [2.05, 4.69) is 10.6 Å². The smallest absolute Gasteiger partial charge is 0.407 e. The number of hydrogen-bond acceptors (Lipinski definition) is 3. The minimum absolute atomic E-state index is 0.0367. The average Bonchev–Trinajstić information content (AvgIpc) is 2.78. The van der Waals surface area contributed by atoms with Crippen LogP contribution in [0.3, 0.4) is 0 Å². The molecule has 0 spiro atoms. The van der Waals surface area contributed by atoms with Gasteiger partial charge in [0, 0.05) is 17.1 Å². The largest absolute Gasteiger partial charge is 0.444 e. The highest BCUT2D eigenvalue weighted by Gasteiger charge is 2.28. The first kappa shape index (κ1) is 16.9. The zero-order valence-electron chi connectivity index (χ0n) is 13.1. The Kier molecular flexibility index (Phi) is 5.16. The summed E-state index contributed by atoms with van der Waals surface area (Å²) in [7, 11) is 0. The molecular formula is C16H22ClFN2O2. The number of amides is 1. The summed E-state index contributed by atoms with van der Waals surface area (Å²) in [6.07, 6.45) is 2.00. The van der Waals surface area contributed by atoms with Crippen LogP contribution in [0.15, 0.2) is 18.2 Å². The van der Waals surface area contributed by atoms with E-state index in [0.717, 1.165) is 19.3 Å². The second-order valence-corrected chi connectivity index (χ2v) is 7.06. The molecule has 122 valence electrons. The molecule has 2 atom stereocenters. The van der Waals surface area contributed by atoms with Gasteiger partial charge in [0.15, 0.2) is 0 Å². The second kappa shape index (κ2) is 6.73. The fourth-order valence-electron chi connectivity index (χ4n) is 2.55. The molecule has 2 unspecified atom stereocenters. The molecule has 6 heteroatoms. The third-order valence-corrected chi connectivity index (χ3v) is 3.68. The Morgan fingerprint density at radius 2 is 2.00 bits per heavy atom. The third kappa shape index (κ3) is 5.05. The van der Waals surface area contributed by atoms with Gasteiger partial charge in [-0.3, -0.25) is 0 Å². The molecule has 0 aromatic heterocycles. The molecule has 0 heterocycles. The summed E-state index contributed by atoms with van der Waals surface area (Å²) in [6, 6.07) is 4.58. The number of carbonyl (C=O) groups excluding carboxylic acids is 1. The van der Waals surface area contributed by atoms with E-state index in [1.165, 1.54) is 12.1 Å². The maximum Gasteiger partial charge on any atom is 0.407 e. The first-order chi connectivity index (χ1) is 10.2. The summed E-state index contributed by atoms with van der Waals surface area (Å²) in [5.41, 5.74) is -0.111. The predicted molar refractivity (Wildman–Crippen MR) is 85.8 cm³/mol. The van der Waals surface area contributed by atoms with E-state index in [9.17, 15) is 9.18 Å². The van der Waals surface area contributed by atoms with E-state index >= 15 is 0 Å². The Morgan fingerprint density at radius 1 is 1.32 bits per heavy atom. The van der Waals surface area contributed by atoms with Crippen molar-refractivity contribution in [3.63, 3.8) is 0 Å². The standard InChI is InChI=1S/C16H22ClFN2O2/c1-16(2,3)22-15(21)20-12-6-5-11(9-12)19-14-8-10(17)4-7-13(14)18/h4,7-8,11-12,19H,5-6,9H2,1-3H3,(H,20,21). The molecule has 0 radical (unpaired) electrons. The first-order valence-corrected chi connectivity index (χ1v) is 7.82. The Hall–Kier alpha value is -1.49. The van der Waals surface area contributed by atoms with Crippen LogP contribution in [0.1, 0.15) is 40.0 Å². The molecule has 1 fully saturated rings. The molecule has 1 saturated carbocycles. The minimum Gasteiger partial charge on any atom is -0.444 e. The van der Waals surface area contributed by atoms with Crippen LogP contribution < -0.4 is 10.6 Å². The molecule has 0 saturated heterocycles. The zero-order chi connectivity index (χ0) is 16.3. The van der Waals surface area contributed by atoms with Crippen molar-refractivity contribution < 1.29 is 13.9 Å². The van der Waals surface area contributed by atoms with Crippen molar-refractivity contribution in [3.8, 4) is 0 Å². The lowest BCUT2D eigenvalue weighted by molar-refractivity contribution is 0.0505. The molecule has 1 aromatic rings. The van der Waals surface area contributed by atoms with Gasteiger partial charge < -0.3 is 15.4 Å². The van der Waals surface area contributed by atoms with E-state index in [0.29, 0.717) is 10.7 Å². The molecule has 0 aliphatic heterocycles. The summed E-state index contributed by atoms with van der Waals surface area (Å²) in [5.74, 6) is -0.326. The van der Waals surface area contributed by atoms with Gasteiger partial charge in [-0.1, -0.05) is 11.6 Å². The fourth-order valence-corrected chi connectivity index (χ4v) is 2.72. The number of benzene rings is 1. The summed E-state index contributed by atoms with van der Waals surface area (Å²) in [5, 5.41) is 6.50. The number of anilines is 1. The van der Waals surface area contributed by atoms with Crippen LogP contribution >= 0.6 is 11.6 Å². The van der Waals surface area contributed by atoms with E-state index in [1.807, 2.05) is 20.8 Å². The van der Waals surface area contributed by atoms with Crippen molar-refractivity contribution in [3.05, 3.63) is 29.0 Å². The van der Waals surface area contributed by atoms with E-state index in [4.69, 9.17) is 16.3 Å². The first-order valence-electron chi connectivity index (χ1n) is 7.44. The van der Waals surface area contributed by atoms with Crippen molar-refractivity contribution in [2.75, 3.05) is 5.32 Å². The third-order valence-electron chi connectivity index (χ3n) is 3.44. The van der Waals surface area contributed by atoms with Crippen molar-refractivity contribution in [1.29, 1.82) is 0 Å². The maximum atomic E-state index is 13.7. The highest BCUT2D eigenvalue weighted by molar-refractivity contribution is 6.30. The quantitative estimate of drug-likeness (QED) is 0.868. The summed E-state index contributed by atoms with van der Waals surface area (Å²) >= 11 is 5.88. The lowest BCUT2D eigenvalue weighted by Gasteiger charge is -2.22. The number of hydrogen-bond donors (Lipinski definition) is 2. The molecule has 1 aromatic carbocycles. The SMILES string of the molecule is CC(C)(C)OC(=O)NC1CCC(Nc2cc(Cl)ccc2F)C1. The normalized spacial score (nSPS) is 21.5. The van der Waals surface area contributed by atoms with Crippen molar-refractivity contribution in [2.24, 2.45) is 0 Å². The number of nitrogens with one attached hydrogen (secondary N) is 2. The summed E-state index contributed by atoms with van der Waals surface area (Å²) in [4.78, 5) is 11.7. The number of rotatable bonds is 3. The van der Waals surface area contributed by atoms with Gasteiger partial charge in [0.25, 0.3) is 0 Å². The van der Waals surface area contributed by atoms with Crippen LogP contribution in [-0.4, -0.2) is 23.8 Å². The minimum atomic E-state index is -0.510. The zero-order valence-corrected chi connectivity index (χ0v) is 13.8. The summed E-state index contributed by atoms with van der Waals surface area (Å²) < 4.78 is 18.9. The van der Waals surface area contributed by atoms with Crippen LogP contribution in [0.25, 0.3) is 0 Å². The monoisotopic (exact) mass is 328 g/mol. The van der Waals surface area contributed by atoms with E-state index < -0.39 is 11.7 Å².